The lowest BCUT2D eigenvalue weighted by Gasteiger charge is -2.27. The Kier molecular flexibility index (Phi) is 6.37. The van der Waals surface area contributed by atoms with Gasteiger partial charge >= 0.3 is 0 Å². The molecule has 1 unspecified atom stereocenters. The fourth-order valence-electron chi connectivity index (χ4n) is 1.94. The third kappa shape index (κ3) is 4.21. The summed E-state index contributed by atoms with van der Waals surface area (Å²) in [6.07, 6.45) is 5.18. The molecule has 3 nitrogen and oxygen atoms in total. The van der Waals surface area contributed by atoms with Gasteiger partial charge in [-0.15, -0.1) is 0 Å². The first-order chi connectivity index (χ1) is 8.22. The highest BCUT2D eigenvalue weighted by molar-refractivity contribution is 7.98. The highest BCUT2D eigenvalue weighted by atomic mass is 32.2. The van der Waals surface area contributed by atoms with Gasteiger partial charge in [-0.2, -0.15) is 11.8 Å². The third-order valence-corrected chi connectivity index (χ3v) is 3.72. The Hall–Kier alpha value is -0.740. The molecule has 1 atom stereocenters. The lowest BCUT2D eigenvalue weighted by molar-refractivity contribution is 0.248. The normalized spacial score (nSPS) is 12.8. The van der Waals surface area contributed by atoms with Crippen molar-refractivity contribution in [2.24, 2.45) is 0 Å². The number of thioether (sulfide) groups is 1. The van der Waals surface area contributed by atoms with Crippen LogP contribution >= 0.6 is 11.8 Å². The second-order valence-corrected chi connectivity index (χ2v) is 5.10. The molecule has 0 radical (unpaired) electrons. The van der Waals surface area contributed by atoms with Crippen LogP contribution in [0, 0.1) is 0 Å². The minimum absolute atomic E-state index is 0.634. The predicted molar refractivity (Wildman–Crippen MR) is 77.7 cm³/mol. The molecule has 0 aliphatic rings. The average Bonchev–Trinajstić information content (AvgIpc) is 2.36. The van der Waals surface area contributed by atoms with E-state index in [-0.39, 0.29) is 0 Å². The van der Waals surface area contributed by atoms with E-state index in [2.05, 4.69) is 41.5 Å². The van der Waals surface area contributed by atoms with Crippen molar-refractivity contribution in [3.63, 3.8) is 0 Å². The van der Waals surface area contributed by atoms with Crippen LogP contribution in [0.3, 0.4) is 0 Å². The van der Waals surface area contributed by atoms with E-state index in [1.165, 1.54) is 17.7 Å². The van der Waals surface area contributed by atoms with Gasteiger partial charge in [-0.05, 0) is 25.8 Å². The fraction of sp³-hybridized carbons (Fsp3) is 0.615. The third-order valence-electron chi connectivity index (χ3n) is 3.00. The number of rotatable bonds is 7. The van der Waals surface area contributed by atoms with Crippen LogP contribution in [-0.2, 0) is 6.54 Å². The number of aromatic nitrogens is 1. The Labute approximate surface area is 109 Å². The second kappa shape index (κ2) is 7.56. The summed E-state index contributed by atoms with van der Waals surface area (Å²) >= 11 is 1.91. The number of pyridine rings is 1. The molecule has 0 aliphatic carbocycles. The van der Waals surface area contributed by atoms with Gasteiger partial charge in [-0.1, -0.05) is 13.0 Å². The zero-order valence-electron chi connectivity index (χ0n) is 11.2. The maximum atomic E-state index is 4.34. The highest BCUT2D eigenvalue weighted by Crippen LogP contribution is 2.16. The fourth-order valence-corrected chi connectivity index (χ4v) is 2.81. The van der Waals surface area contributed by atoms with Crippen molar-refractivity contribution in [3.8, 4) is 0 Å². The summed E-state index contributed by atoms with van der Waals surface area (Å²) in [4.78, 5) is 6.75. The smallest absolute Gasteiger partial charge is 0.130 e. The van der Waals surface area contributed by atoms with Crippen molar-refractivity contribution in [2.45, 2.75) is 25.9 Å². The summed E-state index contributed by atoms with van der Waals surface area (Å²) in [5, 5.41) is 3.15. The van der Waals surface area contributed by atoms with Crippen molar-refractivity contribution in [3.05, 3.63) is 23.9 Å². The molecule has 0 bridgehead atoms. The van der Waals surface area contributed by atoms with Crippen LogP contribution in [0.1, 0.15) is 18.9 Å². The van der Waals surface area contributed by atoms with Crippen molar-refractivity contribution in [2.75, 3.05) is 31.4 Å². The number of hydrogen-bond acceptors (Lipinski definition) is 4. The molecule has 0 aliphatic heterocycles. The molecule has 96 valence electrons. The number of nitrogens with zero attached hydrogens (tertiary/aromatic N) is 2. The van der Waals surface area contributed by atoms with Crippen molar-refractivity contribution in [1.82, 2.24) is 9.88 Å². The van der Waals surface area contributed by atoms with Crippen LogP contribution in [0.2, 0.25) is 0 Å². The monoisotopic (exact) mass is 253 g/mol. The zero-order chi connectivity index (χ0) is 12.7. The Bertz CT molecular complexity index is 330. The van der Waals surface area contributed by atoms with E-state index >= 15 is 0 Å². The van der Waals surface area contributed by atoms with Gasteiger partial charge in [0.1, 0.15) is 5.82 Å². The molecule has 4 heteroatoms. The Morgan fingerprint density at radius 2 is 2.29 bits per heavy atom. The van der Waals surface area contributed by atoms with Crippen LogP contribution in [0.15, 0.2) is 18.3 Å². The summed E-state index contributed by atoms with van der Waals surface area (Å²) in [5.74, 6) is 2.17. The number of hydrogen-bond donors (Lipinski definition) is 1. The molecule has 1 aromatic rings. The van der Waals surface area contributed by atoms with Gasteiger partial charge in [-0.3, -0.25) is 4.90 Å². The molecule has 0 amide bonds. The van der Waals surface area contributed by atoms with E-state index in [0.29, 0.717) is 6.04 Å². The molecule has 17 heavy (non-hydrogen) atoms. The highest BCUT2D eigenvalue weighted by Gasteiger charge is 2.13. The standard InChI is InChI=1S/C13H23N3S/c1-5-12(10-17-4)16(3)9-11-7-6-8-15-13(11)14-2/h6-8,12H,5,9-10H2,1-4H3,(H,14,15). The first-order valence-electron chi connectivity index (χ1n) is 6.03. The van der Waals surface area contributed by atoms with Gasteiger partial charge in [0, 0.05) is 37.1 Å². The molecular formula is C13H23N3S. The topological polar surface area (TPSA) is 28.2 Å². The first kappa shape index (κ1) is 14.3. The predicted octanol–water partition coefficient (Wildman–Crippen LogP) is 2.70. The van der Waals surface area contributed by atoms with Gasteiger partial charge in [0.15, 0.2) is 0 Å². The summed E-state index contributed by atoms with van der Waals surface area (Å²) < 4.78 is 0. The molecule has 1 heterocycles. The molecular weight excluding hydrogens is 230 g/mol. The van der Waals surface area contributed by atoms with Crippen molar-refractivity contribution < 1.29 is 0 Å². The quantitative estimate of drug-likeness (QED) is 0.809. The molecule has 0 spiro atoms. The summed E-state index contributed by atoms with van der Waals surface area (Å²) in [6.45, 7) is 3.20. The van der Waals surface area contributed by atoms with Crippen LogP contribution in [0.5, 0.6) is 0 Å². The van der Waals surface area contributed by atoms with Crippen LogP contribution in [0.4, 0.5) is 5.82 Å². The lowest BCUT2D eigenvalue weighted by Crippen LogP contribution is -2.32. The second-order valence-electron chi connectivity index (χ2n) is 4.19. The maximum Gasteiger partial charge on any atom is 0.130 e. The number of anilines is 1. The molecule has 0 saturated carbocycles. The molecule has 0 fully saturated rings. The number of nitrogens with one attached hydrogen (secondary N) is 1. The summed E-state index contributed by atoms with van der Waals surface area (Å²) in [7, 11) is 4.11. The van der Waals surface area contributed by atoms with E-state index in [1.807, 2.05) is 31.1 Å². The largest absolute Gasteiger partial charge is 0.373 e. The van der Waals surface area contributed by atoms with Crippen molar-refractivity contribution in [1.29, 1.82) is 0 Å². The van der Waals surface area contributed by atoms with E-state index < -0.39 is 0 Å². The zero-order valence-corrected chi connectivity index (χ0v) is 12.0. The summed E-state index contributed by atoms with van der Waals surface area (Å²) in [5.41, 5.74) is 1.26. The van der Waals surface area contributed by atoms with Gasteiger partial charge < -0.3 is 5.32 Å². The first-order valence-corrected chi connectivity index (χ1v) is 7.43. The van der Waals surface area contributed by atoms with Crippen LogP contribution in [-0.4, -0.2) is 42.0 Å². The SMILES string of the molecule is CCC(CSC)N(C)Cc1cccnc1NC. The maximum absolute atomic E-state index is 4.34. The minimum Gasteiger partial charge on any atom is -0.373 e. The molecule has 1 N–H and O–H groups in total. The molecule has 1 aromatic heterocycles. The van der Waals surface area contributed by atoms with Gasteiger partial charge in [0.2, 0.25) is 0 Å². The van der Waals surface area contributed by atoms with E-state index in [0.717, 1.165) is 12.4 Å². The van der Waals surface area contributed by atoms with Gasteiger partial charge in [0.25, 0.3) is 0 Å². The van der Waals surface area contributed by atoms with E-state index in [9.17, 15) is 0 Å². The van der Waals surface area contributed by atoms with Gasteiger partial charge in [-0.25, -0.2) is 4.98 Å². The van der Waals surface area contributed by atoms with Gasteiger partial charge in [0.05, 0.1) is 0 Å². The Morgan fingerprint density at radius 3 is 2.88 bits per heavy atom. The Balaban J connectivity index is 2.68. The average molecular weight is 253 g/mol. The molecule has 0 aromatic carbocycles. The van der Waals surface area contributed by atoms with Crippen molar-refractivity contribution >= 4 is 17.6 Å². The van der Waals surface area contributed by atoms with E-state index in [1.54, 1.807) is 0 Å². The Morgan fingerprint density at radius 1 is 1.53 bits per heavy atom. The summed E-state index contributed by atoms with van der Waals surface area (Å²) in [6, 6.07) is 4.77. The molecule has 0 saturated heterocycles. The van der Waals surface area contributed by atoms with Crippen LogP contribution < -0.4 is 5.32 Å². The molecule has 1 rings (SSSR count). The minimum atomic E-state index is 0.634. The lowest BCUT2D eigenvalue weighted by atomic mass is 10.2. The van der Waals surface area contributed by atoms with E-state index in [4.69, 9.17) is 0 Å². The van der Waals surface area contributed by atoms with Crippen LogP contribution in [0.25, 0.3) is 0 Å².